The molecule has 2 heterocycles. The summed E-state index contributed by atoms with van der Waals surface area (Å²) in [6, 6.07) is 6.03. The van der Waals surface area contributed by atoms with Crippen LogP contribution in [-0.2, 0) is 24.1 Å². The van der Waals surface area contributed by atoms with Crippen LogP contribution in [0.2, 0.25) is 0 Å². The third kappa shape index (κ3) is 3.32. The predicted molar refractivity (Wildman–Crippen MR) is 99.1 cm³/mol. The molecule has 1 aliphatic carbocycles. The number of ether oxygens (including phenoxy) is 1. The molecular weight excluding hydrogens is 369 g/mol. The van der Waals surface area contributed by atoms with E-state index >= 15 is 0 Å². The molecule has 0 aliphatic heterocycles. The summed E-state index contributed by atoms with van der Waals surface area (Å²) < 4.78 is 21.9. The Hall–Kier alpha value is -2.74. The number of carbonyl (C=O) groups is 1. The lowest BCUT2D eigenvalue weighted by atomic mass is 10.2. The van der Waals surface area contributed by atoms with Gasteiger partial charge < -0.3 is 4.74 Å². The van der Waals surface area contributed by atoms with Crippen molar-refractivity contribution < 1.29 is 13.9 Å². The lowest BCUT2D eigenvalue weighted by Crippen LogP contribution is -2.20. The van der Waals surface area contributed by atoms with E-state index in [1.54, 1.807) is 26.8 Å². The minimum atomic E-state index is -0.491. The summed E-state index contributed by atoms with van der Waals surface area (Å²) in [5.41, 5.74) is 3.74. The summed E-state index contributed by atoms with van der Waals surface area (Å²) in [5, 5.41) is 6.21. The second-order valence-electron chi connectivity index (χ2n) is 6.45. The average molecular weight is 387 g/mol. The van der Waals surface area contributed by atoms with Gasteiger partial charge in [-0.25, -0.2) is 13.9 Å². The van der Waals surface area contributed by atoms with Crippen LogP contribution in [0.25, 0.3) is 5.69 Å². The Morgan fingerprint density at radius 3 is 2.78 bits per heavy atom. The van der Waals surface area contributed by atoms with E-state index in [0.29, 0.717) is 17.9 Å². The predicted octanol–water partition coefficient (Wildman–Crippen LogP) is 2.89. The average Bonchev–Trinajstić information content (AvgIpc) is 3.33. The lowest BCUT2D eigenvalue weighted by Gasteiger charge is -2.06. The van der Waals surface area contributed by atoms with E-state index in [0.717, 1.165) is 47.6 Å². The van der Waals surface area contributed by atoms with Crippen molar-refractivity contribution in [3.63, 3.8) is 0 Å². The molecule has 0 radical (unpaired) electrons. The van der Waals surface area contributed by atoms with E-state index < -0.39 is 5.97 Å². The first-order chi connectivity index (χ1) is 13.0. The molecule has 0 fully saturated rings. The van der Waals surface area contributed by atoms with Gasteiger partial charge in [0.25, 0.3) is 0 Å². The highest BCUT2D eigenvalue weighted by molar-refractivity contribution is 7.07. The number of esters is 1. The van der Waals surface area contributed by atoms with Crippen LogP contribution < -0.4 is 4.87 Å². The topological polar surface area (TPSA) is 66.1 Å². The molecule has 0 N–H and O–H groups in total. The van der Waals surface area contributed by atoms with Gasteiger partial charge in [0.15, 0.2) is 5.69 Å². The minimum absolute atomic E-state index is 0.0648. The molecule has 0 unspecified atom stereocenters. The summed E-state index contributed by atoms with van der Waals surface area (Å²) in [6.07, 6.45) is 2.53. The summed E-state index contributed by atoms with van der Waals surface area (Å²) in [6.45, 7) is 2.27. The highest BCUT2D eigenvalue weighted by Crippen LogP contribution is 2.28. The van der Waals surface area contributed by atoms with Gasteiger partial charge in [0, 0.05) is 22.3 Å². The van der Waals surface area contributed by atoms with Crippen LogP contribution in [0, 0.1) is 12.7 Å². The Labute approximate surface area is 158 Å². The van der Waals surface area contributed by atoms with E-state index in [2.05, 4.69) is 5.10 Å². The highest BCUT2D eigenvalue weighted by atomic mass is 32.1. The second-order valence-corrected chi connectivity index (χ2v) is 7.27. The molecule has 0 atom stereocenters. The Kier molecular flexibility index (Phi) is 4.65. The van der Waals surface area contributed by atoms with Gasteiger partial charge in [-0.15, -0.1) is 0 Å². The number of rotatable bonds is 5. The molecule has 1 aliphatic rings. The van der Waals surface area contributed by atoms with Crippen LogP contribution in [-0.4, -0.2) is 26.9 Å². The van der Waals surface area contributed by atoms with Crippen molar-refractivity contribution in [3.8, 4) is 5.69 Å². The van der Waals surface area contributed by atoms with Crippen molar-refractivity contribution in [2.24, 2.45) is 0 Å². The SMILES string of the molecule is Cc1csc(=O)n1CCOC(=O)c1nn(-c2ccc(F)cc2)c2c1CCC2. The number of benzene rings is 1. The van der Waals surface area contributed by atoms with Crippen molar-refractivity contribution in [2.75, 3.05) is 6.61 Å². The molecule has 3 aromatic rings. The van der Waals surface area contributed by atoms with Crippen LogP contribution in [0.3, 0.4) is 0 Å². The van der Waals surface area contributed by atoms with Gasteiger partial charge >= 0.3 is 10.8 Å². The van der Waals surface area contributed by atoms with E-state index in [-0.39, 0.29) is 17.3 Å². The molecule has 4 rings (SSSR count). The standard InChI is InChI=1S/C19H18FN3O3S/c1-12-11-27-19(25)22(12)9-10-26-18(24)17-15-3-2-4-16(15)23(21-17)14-7-5-13(20)6-8-14/h5-8,11H,2-4,9-10H2,1H3. The molecule has 1 aromatic carbocycles. The molecular formula is C19H18FN3O3S. The first-order valence-corrected chi connectivity index (χ1v) is 9.61. The number of fused-ring (bicyclic) bond motifs is 1. The number of hydrogen-bond donors (Lipinski definition) is 0. The summed E-state index contributed by atoms with van der Waals surface area (Å²) in [5.74, 6) is -0.809. The molecule has 0 saturated carbocycles. The highest BCUT2D eigenvalue weighted by Gasteiger charge is 2.27. The van der Waals surface area contributed by atoms with Crippen molar-refractivity contribution in [2.45, 2.75) is 32.7 Å². The molecule has 0 bridgehead atoms. The van der Waals surface area contributed by atoms with Crippen molar-refractivity contribution in [3.05, 3.63) is 67.8 Å². The van der Waals surface area contributed by atoms with Crippen molar-refractivity contribution in [1.82, 2.24) is 14.3 Å². The quantitative estimate of drug-likeness (QED) is 0.632. The van der Waals surface area contributed by atoms with E-state index in [4.69, 9.17) is 4.74 Å². The van der Waals surface area contributed by atoms with E-state index in [1.165, 1.54) is 12.1 Å². The van der Waals surface area contributed by atoms with Gasteiger partial charge in [-0.1, -0.05) is 11.3 Å². The normalized spacial score (nSPS) is 13.0. The Bertz CT molecular complexity index is 1050. The minimum Gasteiger partial charge on any atom is -0.459 e. The largest absolute Gasteiger partial charge is 0.459 e. The summed E-state index contributed by atoms with van der Waals surface area (Å²) >= 11 is 1.13. The fourth-order valence-electron chi connectivity index (χ4n) is 3.37. The monoisotopic (exact) mass is 387 g/mol. The molecule has 27 heavy (non-hydrogen) atoms. The number of aryl methyl sites for hydroxylation is 1. The van der Waals surface area contributed by atoms with Gasteiger partial charge in [0.1, 0.15) is 12.4 Å². The second kappa shape index (κ2) is 7.11. The number of nitrogens with zero attached hydrogens (tertiary/aromatic N) is 3. The molecule has 140 valence electrons. The molecule has 6 nitrogen and oxygen atoms in total. The van der Waals surface area contributed by atoms with Crippen molar-refractivity contribution >= 4 is 17.3 Å². The van der Waals surface area contributed by atoms with Gasteiger partial charge in [-0.05, 0) is 50.5 Å². The number of carbonyl (C=O) groups excluding carboxylic acids is 1. The molecule has 0 spiro atoms. The maximum Gasteiger partial charge on any atom is 0.359 e. The lowest BCUT2D eigenvalue weighted by molar-refractivity contribution is 0.0481. The van der Waals surface area contributed by atoms with E-state index in [1.807, 2.05) is 6.92 Å². The maximum atomic E-state index is 13.2. The first kappa shape index (κ1) is 17.7. The zero-order valence-corrected chi connectivity index (χ0v) is 15.6. The zero-order valence-electron chi connectivity index (χ0n) is 14.8. The van der Waals surface area contributed by atoms with E-state index in [9.17, 15) is 14.0 Å². The van der Waals surface area contributed by atoms with Crippen molar-refractivity contribution in [1.29, 1.82) is 0 Å². The number of aromatic nitrogens is 3. The van der Waals surface area contributed by atoms with Gasteiger partial charge in [0.2, 0.25) is 0 Å². The first-order valence-electron chi connectivity index (χ1n) is 8.73. The molecule has 2 aromatic heterocycles. The Morgan fingerprint density at radius 1 is 1.30 bits per heavy atom. The fourth-order valence-corrected chi connectivity index (χ4v) is 4.13. The van der Waals surface area contributed by atoms with Gasteiger partial charge in [-0.3, -0.25) is 9.36 Å². The molecule has 0 amide bonds. The third-order valence-electron chi connectivity index (χ3n) is 4.72. The Morgan fingerprint density at radius 2 is 2.07 bits per heavy atom. The smallest absolute Gasteiger partial charge is 0.359 e. The summed E-state index contributed by atoms with van der Waals surface area (Å²) in [4.78, 5) is 24.2. The number of halogens is 1. The molecule has 0 saturated heterocycles. The number of thiazole rings is 1. The number of hydrogen-bond acceptors (Lipinski definition) is 5. The molecule has 8 heteroatoms. The zero-order chi connectivity index (χ0) is 19.0. The fraction of sp³-hybridized carbons (Fsp3) is 0.316. The Balaban J connectivity index is 1.53. The third-order valence-corrected chi connectivity index (χ3v) is 5.60. The van der Waals surface area contributed by atoms with Crippen LogP contribution in [0.1, 0.15) is 33.9 Å². The van der Waals surface area contributed by atoms with Gasteiger partial charge in [-0.2, -0.15) is 5.10 Å². The summed E-state index contributed by atoms with van der Waals surface area (Å²) in [7, 11) is 0. The van der Waals surface area contributed by atoms with Crippen LogP contribution >= 0.6 is 11.3 Å². The van der Waals surface area contributed by atoms with Crippen LogP contribution in [0.5, 0.6) is 0 Å². The van der Waals surface area contributed by atoms with Crippen LogP contribution in [0.4, 0.5) is 4.39 Å². The van der Waals surface area contributed by atoms with Crippen LogP contribution in [0.15, 0.2) is 34.4 Å². The van der Waals surface area contributed by atoms with Gasteiger partial charge in [0.05, 0.1) is 12.2 Å². The maximum absolute atomic E-state index is 13.2.